The Hall–Kier alpha value is -0.880. The van der Waals surface area contributed by atoms with Crippen LogP contribution in [0.1, 0.15) is 96.8 Å². The first-order chi connectivity index (χ1) is 38.4. The van der Waals surface area contributed by atoms with Crippen molar-refractivity contribution in [2.24, 2.45) is 0 Å². The summed E-state index contributed by atoms with van der Waals surface area (Å²) in [6, 6.07) is 0. The lowest BCUT2D eigenvalue weighted by Gasteiger charge is -2.09. The summed E-state index contributed by atoms with van der Waals surface area (Å²) in [4.78, 5) is 0. The van der Waals surface area contributed by atoms with E-state index in [0.717, 1.165) is 13.0 Å². The Morgan fingerprint density at radius 3 is 0.410 bits per heavy atom. The molecule has 0 atom stereocenters. The van der Waals surface area contributed by atoms with E-state index in [4.69, 9.17) is 99.8 Å². The first-order valence-electron chi connectivity index (χ1n) is 29.6. The molecule has 0 aliphatic rings. The van der Waals surface area contributed by atoms with Gasteiger partial charge in [-0.2, -0.15) is 0 Å². The van der Waals surface area contributed by atoms with E-state index in [2.05, 4.69) is 6.92 Å². The molecule has 0 saturated carbocycles. The quantitative estimate of drug-likeness (QED) is 0.0792. The summed E-state index contributed by atoms with van der Waals surface area (Å²) in [5.41, 5.74) is 0. The van der Waals surface area contributed by atoms with Crippen molar-refractivity contribution in [1.29, 1.82) is 0 Å². The fourth-order valence-corrected chi connectivity index (χ4v) is 6.74. The van der Waals surface area contributed by atoms with Crippen LogP contribution in [0.25, 0.3) is 0 Å². The van der Waals surface area contributed by atoms with E-state index in [1.165, 1.54) is 83.5 Å². The van der Waals surface area contributed by atoms with E-state index in [0.29, 0.717) is 258 Å². The van der Waals surface area contributed by atoms with E-state index >= 15 is 0 Å². The number of aliphatic hydroxyl groups excluding tert-OH is 1. The fraction of sp³-hybridized carbons (Fsp3) is 1.00. The normalized spacial score (nSPS) is 11.6. The van der Waals surface area contributed by atoms with Crippen molar-refractivity contribution in [1.82, 2.24) is 0 Å². The lowest BCUT2D eigenvalue weighted by molar-refractivity contribution is -0.0315. The van der Waals surface area contributed by atoms with Crippen LogP contribution in [0, 0.1) is 0 Å². The van der Waals surface area contributed by atoms with Crippen LogP contribution in [0.2, 0.25) is 0 Å². The Morgan fingerprint density at radius 2 is 0.269 bits per heavy atom. The number of hydrogen-bond donors (Lipinski definition) is 1. The highest BCUT2D eigenvalue weighted by atomic mass is 16.6. The molecule has 0 rings (SSSR count). The van der Waals surface area contributed by atoms with Gasteiger partial charge < -0.3 is 105 Å². The van der Waals surface area contributed by atoms with Gasteiger partial charge in [0, 0.05) is 6.61 Å². The van der Waals surface area contributed by atoms with E-state index < -0.39 is 0 Å². The third-order valence-corrected chi connectivity index (χ3v) is 10.9. The van der Waals surface area contributed by atoms with Crippen LogP contribution in [0.5, 0.6) is 0 Å². The van der Waals surface area contributed by atoms with Gasteiger partial charge in [-0.05, 0) is 6.42 Å². The zero-order chi connectivity index (χ0) is 55.0. The number of rotatable bonds is 74. The molecule has 0 aliphatic heterocycles. The van der Waals surface area contributed by atoms with Crippen LogP contribution < -0.4 is 0 Å². The number of ether oxygens (including phenoxy) is 20. The average Bonchev–Trinajstić information content (AvgIpc) is 3.44. The standard InChI is InChI=1S/C56H114O21.H2O/c1-2-3-4-5-6-7-8-9-10-11-12-13-14-15-17-58-19-21-60-23-25-62-27-29-64-31-33-66-35-37-68-39-41-70-43-45-72-47-49-74-51-53-76-55-56-77-54-52-75-50-48-73-46-44-71-42-40-69-38-36-67-34-32-65-30-28-63-26-24-61-22-20-59-18-16-57;/h57H,2-56H2,1H3;1H2. The Labute approximate surface area is 471 Å². The number of unbranched alkanes of at least 4 members (excludes halogenated alkanes) is 13. The molecule has 0 aliphatic carbocycles. The molecule has 22 heteroatoms. The van der Waals surface area contributed by atoms with Crippen LogP contribution in [-0.4, -0.2) is 281 Å². The smallest absolute Gasteiger partial charge is 0.0701 e. The molecule has 0 heterocycles. The van der Waals surface area contributed by atoms with Crippen LogP contribution in [-0.2, 0) is 94.7 Å². The van der Waals surface area contributed by atoms with Gasteiger partial charge in [0.2, 0.25) is 0 Å². The summed E-state index contributed by atoms with van der Waals surface area (Å²) in [5, 5.41) is 8.61. The van der Waals surface area contributed by atoms with E-state index in [1.807, 2.05) is 0 Å². The summed E-state index contributed by atoms with van der Waals surface area (Å²) < 4.78 is 110. The molecule has 78 heavy (non-hydrogen) atoms. The van der Waals surface area contributed by atoms with Crippen LogP contribution in [0.15, 0.2) is 0 Å². The van der Waals surface area contributed by atoms with Crippen molar-refractivity contribution < 1.29 is 105 Å². The Bertz CT molecular complexity index is 927. The molecular weight excluding hydrogens is 1020 g/mol. The van der Waals surface area contributed by atoms with Crippen molar-refractivity contribution in [3.63, 3.8) is 0 Å². The van der Waals surface area contributed by atoms with Crippen molar-refractivity contribution in [2.75, 3.05) is 271 Å². The van der Waals surface area contributed by atoms with Gasteiger partial charge in [0.05, 0.1) is 264 Å². The Balaban J connectivity index is 0. The van der Waals surface area contributed by atoms with E-state index in [1.54, 1.807) is 0 Å². The minimum atomic E-state index is 0. The average molecular weight is 1140 g/mol. The second-order valence-corrected chi connectivity index (χ2v) is 17.6. The molecule has 3 N–H and O–H groups in total. The molecule has 22 nitrogen and oxygen atoms in total. The zero-order valence-electron chi connectivity index (χ0n) is 49.0. The SMILES string of the molecule is CCCCCCCCCCCCCCCCOCCOCCOCCOCCOCCOCCOCCOCCOCCOCCOCCOCCOCCOCCOCCOCCOCCOCCOCCOCCO.O. The maximum Gasteiger partial charge on any atom is 0.0701 e. The third kappa shape index (κ3) is 77.2. The molecule has 0 radical (unpaired) electrons. The van der Waals surface area contributed by atoms with Gasteiger partial charge in [-0.1, -0.05) is 90.4 Å². The maximum absolute atomic E-state index is 8.61. The van der Waals surface area contributed by atoms with Crippen molar-refractivity contribution in [3.05, 3.63) is 0 Å². The lowest BCUT2D eigenvalue weighted by atomic mass is 10.0. The highest BCUT2D eigenvalue weighted by molar-refractivity contribution is 4.50. The predicted molar refractivity (Wildman–Crippen MR) is 297 cm³/mol. The molecule has 0 fully saturated rings. The van der Waals surface area contributed by atoms with Crippen LogP contribution >= 0.6 is 0 Å². The third-order valence-electron chi connectivity index (χ3n) is 10.9. The summed E-state index contributed by atoms with van der Waals surface area (Å²) in [6.07, 6.45) is 19.2. The number of hydrogen-bond acceptors (Lipinski definition) is 21. The fourth-order valence-electron chi connectivity index (χ4n) is 6.74. The molecule has 0 spiro atoms. The molecule has 0 bridgehead atoms. The molecule has 0 aromatic rings. The Morgan fingerprint density at radius 1 is 0.154 bits per heavy atom. The lowest BCUT2D eigenvalue weighted by Crippen LogP contribution is -2.16. The summed E-state index contributed by atoms with van der Waals surface area (Å²) in [5.74, 6) is 0. The molecule has 0 amide bonds. The molecule has 0 aromatic carbocycles. The summed E-state index contributed by atoms with van der Waals surface area (Å²) in [7, 11) is 0. The maximum atomic E-state index is 8.61. The van der Waals surface area contributed by atoms with Crippen LogP contribution in [0.4, 0.5) is 0 Å². The van der Waals surface area contributed by atoms with Gasteiger partial charge in [0.25, 0.3) is 0 Å². The second-order valence-electron chi connectivity index (χ2n) is 17.6. The minimum absolute atomic E-state index is 0. The highest BCUT2D eigenvalue weighted by Crippen LogP contribution is 2.13. The summed E-state index contributed by atoms with van der Waals surface area (Å²) >= 11 is 0. The molecule has 0 saturated heterocycles. The largest absolute Gasteiger partial charge is 0.412 e. The van der Waals surface area contributed by atoms with Gasteiger partial charge in [0.1, 0.15) is 0 Å². The van der Waals surface area contributed by atoms with Gasteiger partial charge in [0.15, 0.2) is 0 Å². The molecular formula is C56H116O22. The van der Waals surface area contributed by atoms with Crippen molar-refractivity contribution >= 4 is 0 Å². The molecule has 472 valence electrons. The van der Waals surface area contributed by atoms with E-state index in [9.17, 15) is 0 Å². The van der Waals surface area contributed by atoms with Gasteiger partial charge in [-0.25, -0.2) is 0 Å². The minimum Gasteiger partial charge on any atom is -0.412 e. The second kappa shape index (κ2) is 78.2. The molecule has 0 aromatic heterocycles. The first-order valence-corrected chi connectivity index (χ1v) is 29.6. The van der Waals surface area contributed by atoms with Gasteiger partial charge in [-0.3, -0.25) is 0 Å². The molecule has 0 unspecified atom stereocenters. The number of aliphatic hydroxyl groups is 1. The van der Waals surface area contributed by atoms with Crippen LogP contribution in [0.3, 0.4) is 0 Å². The predicted octanol–water partition coefficient (Wildman–Crippen LogP) is 4.97. The topological polar surface area (TPSA) is 236 Å². The summed E-state index contributed by atoms with van der Waals surface area (Å²) in [6.45, 7) is 22.7. The highest BCUT2D eigenvalue weighted by Gasteiger charge is 2.00. The van der Waals surface area contributed by atoms with Crippen molar-refractivity contribution in [3.8, 4) is 0 Å². The first kappa shape index (κ1) is 79.2. The van der Waals surface area contributed by atoms with E-state index in [-0.39, 0.29) is 12.1 Å². The van der Waals surface area contributed by atoms with Crippen molar-refractivity contribution in [2.45, 2.75) is 96.8 Å². The monoisotopic (exact) mass is 1140 g/mol. The van der Waals surface area contributed by atoms with Gasteiger partial charge in [-0.15, -0.1) is 0 Å². The Kier molecular flexibility index (Phi) is 79.4. The zero-order valence-corrected chi connectivity index (χ0v) is 49.0. The van der Waals surface area contributed by atoms with Gasteiger partial charge >= 0.3 is 0 Å².